The van der Waals surface area contributed by atoms with E-state index in [0.717, 1.165) is 66.6 Å². The van der Waals surface area contributed by atoms with Gasteiger partial charge in [0.15, 0.2) is 5.82 Å². The molecule has 10 nitrogen and oxygen atoms in total. The molecule has 1 amide bonds. The Morgan fingerprint density at radius 3 is 2.76 bits per heavy atom. The smallest absolute Gasteiger partial charge is 0.315 e. The van der Waals surface area contributed by atoms with Crippen LogP contribution in [-0.2, 0) is 5.41 Å². The van der Waals surface area contributed by atoms with E-state index in [9.17, 15) is 4.79 Å². The number of hydrogen-bond donors (Lipinski definition) is 3. The summed E-state index contributed by atoms with van der Waals surface area (Å²) in [5, 5.41) is 11.9. The van der Waals surface area contributed by atoms with Crippen LogP contribution < -0.4 is 15.5 Å². The van der Waals surface area contributed by atoms with Crippen molar-refractivity contribution in [1.29, 1.82) is 0 Å². The predicted octanol–water partition coefficient (Wildman–Crippen LogP) is 4.56. The Balaban J connectivity index is 1.19. The molecule has 1 aliphatic carbocycles. The Morgan fingerprint density at radius 1 is 1.17 bits per heavy atom. The van der Waals surface area contributed by atoms with E-state index in [1.165, 1.54) is 12.4 Å². The molecule has 1 atom stereocenters. The van der Waals surface area contributed by atoms with Crippen LogP contribution in [0.25, 0.3) is 33.2 Å². The molecule has 1 saturated carbocycles. The highest BCUT2D eigenvalue weighted by molar-refractivity contribution is 6.12. The van der Waals surface area contributed by atoms with Gasteiger partial charge in [-0.1, -0.05) is 18.1 Å². The number of piperazine rings is 1. The van der Waals surface area contributed by atoms with Gasteiger partial charge in [-0.05, 0) is 62.1 Å². The van der Waals surface area contributed by atoms with Crippen LogP contribution in [0.3, 0.4) is 0 Å². The highest BCUT2D eigenvalue weighted by Gasteiger charge is 2.44. The molecule has 2 fully saturated rings. The van der Waals surface area contributed by atoms with Crippen molar-refractivity contribution in [2.24, 2.45) is 0 Å². The van der Waals surface area contributed by atoms with E-state index in [-0.39, 0.29) is 11.3 Å². The lowest BCUT2D eigenvalue weighted by Gasteiger charge is -2.29. The highest BCUT2D eigenvalue weighted by Crippen LogP contribution is 2.46. The molecule has 11 heteroatoms. The third-order valence-corrected chi connectivity index (χ3v) is 8.44. The number of amides is 1. The number of aryl methyl sites for hydroxylation is 1. The number of benzene rings is 2. The van der Waals surface area contributed by atoms with Gasteiger partial charge in [-0.3, -0.25) is 4.79 Å². The van der Waals surface area contributed by atoms with Crippen molar-refractivity contribution in [3.05, 3.63) is 65.3 Å². The van der Waals surface area contributed by atoms with Crippen molar-refractivity contribution >= 4 is 33.5 Å². The third-order valence-electron chi connectivity index (χ3n) is 8.44. The number of carbonyl (C=O) groups is 1. The summed E-state index contributed by atoms with van der Waals surface area (Å²) in [6, 6.07) is 9.04. The molecule has 2 aliphatic rings. The predicted molar refractivity (Wildman–Crippen MR) is 153 cm³/mol. The van der Waals surface area contributed by atoms with Crippen LogP contribution in [0.1, 0.15) is 60.4 Å². The van der Waals surface area contributed by atoms with Gasteiger partial charge in [0.25, 0.3) is 0 Å². The molecular weight excluding hydrogens is 523 g/mol. The summed E-state index contributed by atoms with van der Waals surface area (Å²) < 4.78 is 21.0. The number of nitrogens with zero attached hydrogens (tertiary/aromatic N) is 5. The molecule has 1 unspecified atom stereocenters. The molecular formula is C30H31FN8O2. The minimum atomic E-state index is -0.486. The summed E-state index contributed by atoms with van der Waals surface area (Å²) in [6.07, 6.45) is 3.41. The fourth-order valence-electron chi connectivity index (χ4n) is 5.69. The normalized spacial score (nSPS) is 17.2. The van der Waals surface area contributed by atoms with Crippen LogP contribution in [0.4, 0.5) is 10.1 Å². The second kappa shape index (κ2) is 9.62. The van der Waals surface area contributed by atoms with E-state index in [1.54, 1.807) is 13.0 Å². The minimum Gasteiger partial charge on any atom is -0.369 e. The van der Waals surface area contributed by atoms with E-state index in [1.807, 2.05) is 13.8 Å². The monoisotopic (exact) mass is 554 g/mol. The van der Waals surface area contributed by atoms with E-state index < -0.39 is 17.8 Å². The highest BCUT2D eigenvalue weighted by atomic mass is 19.1. The Kier molecular flexibility index (Phi) is 6.00. The fourth-order valence-corrected chi connectivity index (χ4v) is 5.69. The standard InChI is InChI=1S/C30H31FN8O2/c1-16-12-21(22(31)14-20(16)17(2)35-27(40)28-37-29(38-41-28)30(3)6-7-30)25-24-19-5-4-18(39-10-8-32-9-11-39)13-23(19)36-26(24)34-15-33-25/h4-5,12-15,17,32H,6-11H2,1-3H3,(H,35,40)(H,33,34,36). The van der Waals surface area contributed by atoms with Crippen LogP contribution in [0, 0.1) is 12.7 Å². The summed E-state index contributed by atoms with van der Waals surface area (Å²) in [5.74, 6) is -0.450. The number of aromatic amines is 1. The van der Waals surface area contributed by atoms with Crippen LogP contribution in [-0.4, -0.2) is 57.2 Å². The lowest BCUT2D eigenvalue weighted by Crippen LogP contribution is -2.43. The zero-order valence-electron chi connectivity index (χ0n) is 23.2. The molecule has 41 heavy (non-hydrogen) atoms. The number of aromatic nitrogens is 5. The first-order chi connectivity index (χ1) is 19.8. The lowest BCUT2D eigenvalue weighted by atomic mass is 9.96. The van der Waals surface area contributed by atoms with Gasteiger partial charge >= 0.3 is 11.8 Å². The van der Waals surface area contributed by atoms with Crippen molar-refractivity contribution in [3.8, 4) is 11.3 Å². The van der Waals surface area contributed by atoms with Gasteiger partial charge in [0, 0.05) is 53.7 Å². The minimum absolute atomic E-state index is 0.0856. The zero-order chi connectivity index (χ0) is 28.3. The maximum Gasteiger partial charge on any atom is 0.315 e. The maximum absolute atomic E-state index is 15.8. The number of rotatable bonds is 6. The molecule has 1 aliphatic heterocycles. The first-order valence-corrected chi connectivity index (χ1v) is 14.0. The topological polar surface area (TPSA) is 125 Å². The number of H-pyrrole nitrogens is 1. The van der Waals surface area contributed by atoms with Gasteiger partial charge < -0.3 is 25.0 Å². The van der Waals surface area contributed by atoms with Crippen LogP contribution in [0.15, 0.2) is 41.2 Å². The third kappa shape index (κ3) is 4.50. The number of nitrogens with one attached hydrogen (secondary N) is 3. The fraction of sp³-hybridized carbons (Fsp3) is 0.367. The average Bonchev–Trinajstić information content (AvgIpc) is 3.37. The van der Waals surface area contributed by atoms with Gasteiger partial charge in [-0.15, -0.1) is 0 Å². The van der Waals surface area contributed by atoms with Gasteiger partial charge in [0.05, 0.1) is 17.1 Å². The molecule has 3 N–H and O–H groups in total. The van der Waals surface area contributed by atoms with Gasteiger partial charge in [-0.2, -0.15) is 4.98 Å². The molecule has 2 aromatic carbocycles. The van der Waals surface area contributed by atoms with Crippen LogP contribution >= 0.6 is 0 Å². The van der Waals surface area contributed by atoms with E-state index in [4.69, 9.17) is 4.52 Å². The maximum atomic E-state index is 15.8. The van der Waals surface area contributed by atoms with Crippen molar-refractivity contribution in [1.82, 2.24) is 35.7 Å². The Hall–Kier alpha value is -4.38. The quantitative estimate of drug-likeness (QED) is 0.279. The molecule has 210 valence electrons. The Labute approximate surface area is 235 Å². The van der Waals surface area contributed by atoms with Crippen LogP contribution in [0.2, 0.25) is 0 Å². The van der Waals surface area contributed by atoms with Crippen molar-refractivity contribution in [2.45, 2.75) is 45.1 Å². The molecule has 5 aromatic rings. The summed E-state index contributed by atoms with van der Waals surface area (Å²) in [5.41, 5.74) is 4.99. The second-order valence-electron chi connectivity index (χ2n) is 11.4. The molecule has 0 bridgehead atoms. The SMILES string of the molecule is Cc1cc(-c2ncnc3[nH]c4cc(N5CCNCC5)ccc4c23)c(F)cc1C(C)NC(=O)c1nc(C2(C)CC2)no1. The average molecular weight is 555 g/mol. The molecule has 1 saturated heterocycles. The molecule has 7 rings (SSSR count). The summed E-state index contributed by atoms with van der Waals surface area (Å²) >= 11 is 0. The number of hydrogen-bond acceptors (Lipinski definition) is 8. The summed E-state index contributed by atoms with van der Waals surface area (Å²) in [4.78, 5) is 31.8. The number of halogens is 1. The number of carbonyl (C=O) groups excluding carboxylic acids is 1. The first kappa shape index (κ1) is 25.6. The number of anilines is 1. The summed E-state index contributed by atoms with van der Waals surface area (Å²) in [6.45, 7) is 9.54. The van der Waals surface area contributed by atoms with E-state index >= 15 is 4.39 Å². The largest absolute Gasteiger partial charge is 0.369 e. The second-order valence-corrected chi connectivity index (χ2v) is 11.4. The number of fused-ring (bicyclic) bond motifs is 3. The molecule has 4 heterocycles. The zero-order valence-corrected chi connectivity index (χ0v) is 23.2. The van der Waals surface area contributed by atoms with E-state index in [2.05, 4.69) is 58.8 Å². The summed E-state index contributed by atoms with van der Waals surface area (Å²) in [7, 11) is 0. The van der Waals surface area contributed by atoms with Crippen LogP contribution in [0.5, 0.6) is 0 Å². The lowest BCUT2D eigenvalue weighted by molar-refractivity contribution is 0.0895. The van der Waals surface area contributed by atoms with Crippen molar-refractivity contribution < 1.29 is 13.7 Å². The molecule has 0 spiro atoms. The van der Waals surface area contributed by atoms with Crippen molar-refractivity contribution in [2.75, 3.05) is 31.1 Å². The molecule has 3 aromatic heterocycles. The Bertz CT molecular complexity index is 1800. The van der Waals surface area contributed by atoms with Crippen molar-refractivity contribution in [3.63, 3.8) is 0 Å². The Morgan fingerprint density at radius 2 is 1.98 bits per heavy atom. The van der Waals surface area contributed by atoms with Gasteiger partial charge in [-0.25, -0.2) is 14.4 Å². The molecule has 0 radical (unpaired) electrons. The van der Waals surface area contributed by atoms with E-state index in [0.29, 0.717) is 28.3 Å². The van der Waals surface area contributed by atoms with Gasteiger partial charge in [0.2, 0.25) is 0 Å². The first-order valence-electron chi connectivity index (χ1n) is 14.0. The van der Waals surface area contributed by atoms with Gasteiger partial charge in [0.1, 0.15) is 17.8 Å².